The fourth-order valence-corrected chi connectivity index (χ4v) is 4.48. The van der Waals surface area contributed by atoms with E-state index in [1.165, 1.54) is 0 Å². The van der Waals surface area contributed by atoms with Crippen LogP contribution in [0.25, 0.3) is 0 Å². The first-order valence-electron chi connectivity index (χ1n) is 9.96. The van der Waals surface area contributed by atoms with Crippen LogP contribution in [0.4, 0.5) is 0 Å². The molecule has 1 N–H and O–H groups in total. The zero-order valence-electron chi connectivity index (χ0n) is 16.1. The van der Waals surface area contributed by atoms with Crippen molar-refractivity contribution in [2.45, 2.75) is 37.7 Å². The summed E-state index contributed by atoms with van der Waals surface area (Å²) >= 11 is 0. The third-order valence-electron chi connectivity index (χ3n) is 5.80. The molecule has 3 heterocycles. The molecule has 148 valence electrons. The average Bonchev–Trinajstić information content (AvgIpc) is 3.29. The smallest absolute Gasteiger partial charge is 0.259 e. The number of aliphatic hydroxyl groups is 1. The molecule has 2 saturated heterocycles. The normalized spacial score (nSPS) is 26.1. The number of fused-ring (bicyclic) bond motifs is 1. The first kappa shape index (κ1) is 18.7. The largest absolute Gasteiger partial charge is 0.480 e. The summed E-state index contributed by atoms with van der Waals surface area (Å²) in [7, 11) is 1.55. The summed E-state index contributed by atoms with van der Waals surface area (Å²) in [6.45, 7) is 3.94. The van der Waals surface area contributed by atoms with Crippen LogP contribution < -0.4 is 4.74 Å². The predicted molar refractivity (Wildman–Crippen MR) is 100 cm³/mol. The van der Waals surface area contributed by atoms with Crippen molar-refractivity contribution in [1.82, 2.24) is 14.8 Å². The highest BCUT2D eigenvalue weighted by Crippen LogP contribution is 2.28. The number of aryl methyl sites for hydroxylation is 2. The van der Waals surface area contributed by atoms with Crippen LogP contribution in [0.3, 0.4) is 0 Å². The minimum atomic E-state index is -1.05. The van der Waals surface area contributed by atoms with Crippen molar-refractivity contribution < 1.29 is 19.4 Å². The van der Waals surface area contributed by atoms with E-state index in [2.05, 4.69) is 9.88 Å². The van der Waals surface area contributed by atoms with Crippen LogP contribution in [-0.4, -0.2) is 84.4 Å². The summed E-state index contributed by atoms with van der Waals surface area (Å²) in [5, 5.41) is 11.2. The van der Waals surface area contributed by atoms with E-state index in [1.807, 2.05) is 6.07 Å². The zero-order chi connectivity index (χ0) is 18.9. The number of β-amino-alcohol motifs (C(OH)–C–C–N with tert-alkyl or cyclic N) is 1. The summed E-state index contributed by atoms with van der Waals surface area (Å²) in [6, 6.07) is 1.93. The Morgan fingerprint density at radius 1 is 1.30 bits per heavy atom. The number of pyridine rings is 1. The maximum atomic E-state index is 13.3. The van der Waals surface area contributed by atoms with Gasteiger partial charge in [0.15, 0.2) is 0 Å². The van der Waals surface area contributed by atoms with Gasteiger partial charge in [0.2, 0.25) is 5.88 Å². The molecule has 1 unspecified atom stereocenters. The number of likely N-dealkylation sites (tertiary alicyclic amines) is 1. The van der Waals surface area contributed by atoms with Crippen LogP contribution in [0.1, 0.15) is 40.9 Å². The van der Waals surface area contributed by atoms with Gasteiger partial charge in [0, 0.05) is 18.8 Å². The second-order valence-electron chi connectivity index (χ2n) is 7.99. The molecule has 0 saturated carbocycles. The van der Waals surface area contributed by atoms with Crippen molar-refractivity contribution in [2.75, 3.05) is 53.0 Å². The van der Waals surface area contributed by atoms with Crippen molar-refractivity contribution >= 4 is 5.91 Å². The van der Waals surface area contributed by atoms with Crippen LogP contribution in [0, 0.1) is 0 Å². The Morgan fingerprint density at radius 3 is 2.89 bits per heavy atom. The van der Waals surface area contributed by atoms with Gasteiger partial charge in [-0.2, -0.15) is 0 Å². The monoisotopic (exact) mass is 375 g/mol. The van der Waals surface area contributed by atoms with E-state index in [-0.39, 0.29) is 19.1 Å². The average molecular weight is 375 g/mol. The molecule has 7 heteroatoms. The molecule has 1 aromatic heterocycles. The number of ether oxygens (including phenoxy) is 2. The number of hydrogen-bond acceptors (Lipinski definition) is 6. The second-order valence-corrected chi connectivity index (χ2v) is 7.99. The van der Waals surface area contributed by atoms with Gasteiger partial charge in [-0.15, -0.1) is 0 Å². The zero-order valence-corrected chi connectivity index (χ0v) is 16.1. The molecule has 4 rings (SSSR count). The number of methoxy groups -OCH3 is 1. The Bertz CT molecular complexity index is 705. The molecule has 1 aliphatic carbocycles. The molecule has 7 nitrogen and oxygen atoms in total. The lowest BCUT2D eigenvalue weighted by molar-refractivity contribution is -0.0524. The van der Waals surface area contributed by atoms with Gasteiger partial charge in [-0.1, -0.05) is 0 Å². The lowest BCUT2D eigenvalue weighted by Crippen LogP contribution is -2.53. The molecular weight excluding hydrogens is 346 g/mol. The molecule has 0 bridgehead atoms. The summed E-state index contributed by atoms with van der Waals surface area (Å²) in [5.74, 6) is 0.244. The van der Waals surface area contributed by atoms with Gasteiger partial charge in [-0.05, 0) is 56.8 Å². The minimum absolute atomic E-state index is 0.139. The van der Waals surface area contributed by atoms with Gasteiger partial charge in [0.1, 0.15) is 11.2 Å². The maximum Gasteiger partial charge on any atom is 0.259 e. The van der Waals surface area contributed by atoms with Gasteiger partial charge in [-0.25, -0.2) is 4.98 Å². The van der Waals surface area contributed by atoms with Gasteiger partial charge in [0.25, 0.3) is 5.91 Å². The maximum absolute atomic E-state index is 13.3. The molecule has 1 aromatic rings. The molecule has 3 aliphatic rings. The predicted octanol–water partition coefficient (Wildman–Crippen LogP) is 0.878. The lowest BCUT2D eigenvalue weighted by atomic mass is 10.0. The molecule has 1 atom stereocenters. The minimum Gasteiger partial charge on any atom is -0.480 e. The number of aromatic nitrogens is 1. The Kier molecular flexibility index (Phi) is 5.34. The van der Waals surface area contributed by atoms with Crippen molar-refractivity contribution in [2.24, 2.45) is 0 Å². The van der Waals surface area contributed by atoms with Crippen LogP contribution in [-0.2, 0) is 17.6 Å². The van der Waals surface area contributed by atoms with Gasteiger partial charge in [-0.3, -0.25) is 4.79 Å². The van der Waals surface area contributed by atoms with E-state index in [0.717, 1.165) is 56.5 Å². The van der Waals surface area contributed by atoms with Crippen LogP contribution >= 0.6 is 0 Å². The SMILES string of the molecule is COc1nc2c(cc1C(=O)N1CCOCC(O)(CN3CCCC3)C1)CCC2. The number of rotatable bonds is 4. The first-order valence-corrected chi connectivity index (χ1v) is 9.96. The standard InChI is InChI=1S/C20H29N3O4/c1-26-18-16(11-15-5-4-6-17(15)21-18)19(24)23-9-10-27-14-20(25,13-23)12-22-7-2-3-8-22/h11,25H,2-10,12-14H2,1H3. The number of hydrogen-bond donors (Lipinski definition) is 1. The van der Waals surface area contributed by atoms with E-state index < -0.39 is 5.60 Å². The topological polar surface area (TPSA) is 75.1 Å². The van der Waals surface area contributed by atoms with E-state index in [9.17, 15) is 9.90 Å². The molecule has 2 aliphatic heterocycles. The highest BCUT2D eigenvalue weighted by Gasteiger charge is 2.37. The van der Waals surface area contributed by atoms with E-state index >= 15 is 0 Å². The Morgan fingerprint density at radius 2 is 2.11 bits per heavy atom. The van der Waals surface area contributed by atoms with Gasteiger partial charge in [0.05, 0.1) is 26.9 Å². The van der Waals surface area contributed by atoms with Gasteiger partial charge < -0.3 is 24.4 Å². The third-order valence-corrected chi connectivity index (χ3v) is 5.80. The lowest BCUT2D eigenvalue weighted by Gasteiger charge is -2.34. The van der Waals surface area contributed by atoms with Gasteiger partial charge >= 0.3 is 0 Å². The summed E-state index contributed by atoms with van der Waals surface area (Å²) in [6.07, 6.45) is 5.29. The van der Waals surface area contributed by atoms with E-state index in [4.69, 9.17) is 9.47 Å². The molecule has 27 heavy (non-hydrogen) atoms. The van der Waals surface area contributed by atoms with Crippen molar-refractivity contribution in [3.05, 3.63) is 22.9 Å². The first-order chi connectivity index (χ1) is 13.1. The fourth-order valence-electron chi connectivity index (χ4n) is 4.48. The Hall–Kier alpha value is -1.70. The Balaban J connectivity index is 1.55. The number of carbonyl (C=O) groups is 1. The molecule has 0 spiro atoms. The van der Waals surface area contributed by atoms with E-state index in [1.54, 1.807) is 12.0 Å². The van der Waals surface area contributed by atoms with Crippen molar-refractivity contribution in [1.29, 1.82) is 0 Å². The summed E-state index contributed by atoms with van der Waals surface area (Å²) in [5.41, 5.74) is 1.61. The quantitative estimate of drug-likeness (QED) is 0.842. The van der Waals surface area contributed by atoms with Crippen molar-refractivity contribution in [3.63, 3.8) is 0 Å². The van der Waals surface area contributed by atoms with Crippen LogP contribution in [0.5, 0.6) is 5.88 Å². The number of carbonyl (C=O) groups excluding carboxylic acids is 1. The molecule has 2 fully saturated rings. The number of amides is 1. The fraction of sp³-hybridized carbons (Fsp3) is 0.700. The molecular formula is C20H29N3O4. The summed E-state index contributed by atoms with van der Waals surface area (Å²) < 4.78 is 11.1. The highest BCUT2D eigenvalue weighted by atomic mass is 16.5. The van der Waals surface area contributed by atoms with Crippen LogP contribution in [0.2, 0.25) is 0 Å². The molecule has 0 aromatic carbocycles. The van der Waals surface area contributed by atoms with Crippen LogP contribution in [0.15, 0.2) is 6.07 Å². The molecule has 1 amide bonds. The van der Waals surface area contributed by atoms with E-state index in [0.29, 0.717) is 31.1 Å². The molecule has 0 radical (unpaired) electrons. The number of nitrogens with zero attached hydrogens (tertiary/aromatic N) is 3. The second kappa shape index (κ2) is 7.73. The third kappa shape index (κ3) is 3.95. The Labute approximate surface area is 160 Å². The van der Waals surface area contributed by atoms with Crippen molar-refractivity contribution in [3.8, 4) is 5.88 Å². The summed E-state index contributed by atoms with van der Waals surface area (Å²) in [4.78, 5) is 21.8. The highest BCUT2D eigenvalue weighted by molar-refractivity contribution is 5.96.